The number of carbonyl (C=O) groups excluding carboxylic acids is 3. The van der Waals surface area contributed by atoms with Crippen LogP contribution in [0.1, 0.15) is 43.8 Å². The molecular weight excluding hydrogens is 306 g/mol. The minimum Gasteiger partial charge on any atom is -0.330 e. The summed E-state index contributed by atoms with van der Waals surface area (Å²) in [5.41, 5.74) is 3.81. The molecule has 0 aromatic heterocycles. The molecule has 2 aromatic carbocycles. The van der Waals surface area contributed by atoms with E-state index >= 15 is 0 Å². The SMILES string of the molecule is Cc1ccc(CCC(=O)ON2C(=O)c3ccccc3C2=O)c(C)c1. The number of hydroxylamine groups is 2. The van der Waals surface area contributed by atoms with Gasteiger partial charge in [-0.2, -0.15) is 0 Å². The molecule has 24 heavy (non-hydrogen) atoms. The Bertz CT molecular complexity index is 806. The zero-order valence-electron chi connectivity index (χ0n) is 13.5. The van der Waals surface area contributed by atoms with E-state index < -0.39 is 17.8 Å². The van der Waals surface area contributed by atoms with Crippen molar-refractivity contribution in [3.63, 3.8) is 0 Å². The Balaban J connectivity index is 1.64. The van der Waals surface area contributed by atoms with Gasteiger partial charge in [0.25, 0.3) is 11.8 Å². The molecule has 0 aliphatic carbocycles. The molecule has 0 unspecified atom stereocenters. The monoisotopic (exact) mass is 323 g/mol. The Hall–Kier alpha value is -2.95. The third-order valence-electron chi connectivity index (χ3n) is 4.05. The second-order valence-electron chi connectivity index (χ2n) is 5.84. The molecule has 0 bridgehead atoms. The van der Waals surface area contributed by atoms with E-state index in [-0.39, 0.29) is 17.5 Å². The fraction of sp³-hybridized carbons (Fsp3) is 0.211. The summed E-state index contributed by atoms with van der Waals surface area (Å²) >= 11 is 0. The van der Waals surface area contributed by atoms with Gasteiger partial charge in [-0.15, -0.1) is 0 Å². The van der Waals surface area contributed by atoms with E-state index in [0.717, 1.165) is 16.7 Å². The van der Waals surface area contributed by atoms with Crippen LogP contribution in [0.25, 0.3) is 0 Å². The van der Waals surface area contributed by atoms with Gasteiger partial charge < -0.3 is 4.84 Å². The van der Waals surface area contributed by atoms with Gasteiger partial charge in [0.05, 0.1) is 17.5 Å². The van der Waals surface area contributed by atoms with Crippen molar-refractivity contribution in [1.29, 1.82) is 0 Å². The van der Waals surface area contributed by atoms with Crippen LogP contribution in [0.5, 0.6) is 0 Å². The molecule has 1 aliphatic rings. The Morgan fingerprint density at radius 1 is 1.00 bits per heavy atom. The first-order valence-corrected chi connectivity index (χ1v) is 7.72. The highest BCUT2D eigenvalue weighted by Crippen LogP contribution is 2.23. The van der Waals surface area contributed by atoms with Gasteiger partial charge in [0.2, 0.25) is 0 Å². The number of rotatable bonds is 4. The molecule has 5 nitrogen and oxygen atoms in total. The van der Waals surface area contributed by atoms with Crippen LogP contribution in [-0.2, 0) is 16.1 Å². The van der Waals surface area contributed by atoms with Crippen LogP contribution >= 0.6 is 0 Å². The average molecular weight is 323 g/mol. The molecule has 0 radical (unpaired) electrons. The second kappa shape index (κ2) is 6.28. The Kier molecular flexibility index (Phi) is 4.16. The molecule has 0 N–H and O–H groups in total. The average Bonchev–Trinajstić information content (AvgIpc) is 2.79. The van der Waals surface area contributed by atoms with Gasteiger partial charge in [0, 0.05) is 0 Å². The molecule has 1 heterocycles. The van der Waals surface area contributed by atoms with Crippen LogP contribution in [0.15, 0.2) is 42.5 Å². The molecular formula is C19H17NO4. The number of benzene rings is 2. The third kappa shape index (κ3) is 2.93. The number of imide groups is 1. The highest BCUT2D eigenvalue weighted by molar-refractivity contribution is 6.20. The van der Waals surface area contributed by atoms with Crippen molar-refractivity contribution < 1.29 is 19.2 Å². The molecule has 2 aromatic rings. The maximum Gasteiger partial charge on any atom is 0.333 e. The summed E-state index contributed by atoms with van der Waals surface area (Å²) in [6.07, 6.45) is 0.589. The number of amides is 2. The highest BCUT2D eigenvalue weighted by Gasteiger charge is 2.38. The van der Waals surface area contributed by atoms with E-state index in [2.05, 4.69) is 0 Å². The molecule has 0 saturated heterocycles. The summed E-state index contributed by atoms with van der Waals surface area (Å²) < 4.78 is 0. The number of aryl methyl sites for hydroxylation is 3. The van der Waals surface area contributed by atoms with E-state index in [4.69, 9.17) is 4.84 Å². The predicted octanol–water partition coefficient (Wildman–Crippen LogP) is 2.99. The summed E-state index contributed by atoms with van der Waals surface area (Å²) in [5, 5.41) is 0.551. The number of hydrogen-bond donors (Lipinski definition) is 0. The van der Waals surface area contributed by atoms with Crippen molar-refractivity contribution in [2.75, 3.05) is 0 Å². The number of nitrogens with zero attached hydrogens (tertiary/aromatic N) is 1. The van der Waals surface area contributed by atoms with Crippen molar-refractivity contribution in [2.24, 2.45) is 0 Å². The van der Waals surface area contributed by atoms with E-state index in [1.807, 2.05) is 32.0 Å². The van der Waals surface area contributed by atoms with Crippen LogP contribution in [0.2, 0.25) is 0 Å². The lowest BCUT2D eigenvalue weighted by molar-refractivity contribution is -0.168. The zero-order valence-corrected chi connectivity index (χ0v) is 13.5. The molecule has 0 spiro atoms. The smallest absolute Gasteiger partial charge is 0.330 e. The predicted molar refractivity (Wildman–Crippen MR) is 87.3 cm³/mol. The standard InChI is InChI=1S/C19H17NO4/c1-12-7-8-14(13(2)11-12)9-10-17(21)24-20-18(22)15-5-3-4-6-16(15)19(20)23/h3-8,11H,9-10H2,1-2H3. The second-order valence-corrected chi connectivity index (χ2v) is 5.84. The Morgan fingerprint density at radius 3 is 2.21 bits per heavy atom. The van der Waals surface area contributed by atoms with Crippen LogP contribution in [0.4, 0.5) is 0 Å². The molecule has 122 valence electrons. The van der Waals surface area contributed by atoms with Crippen LogP contribution in [-0.4, -0.2) is 22.8 Å². The minimum atomic E-state index is -0.607. The van der Waals surface area contributed by atoms with Gasteiger partial charge in [-0.25, -0.2) is 4.79 Å². The summed E-state index contributed by atoms with van der Waals surface area (Å²) in [4.78, 5) is 41.3. The maximum absolute atomic E-state index is 12.1. The Labute approximate surface area is 139 Å². The number of hydrogen-bond acceptors (Lipinski definition) is 4. The van der Waals surface area contributed by atoms with E-state index in [1.54, 1.807) is 24.3 Å². The van der Waals surface area contributed by atoms with Gasteiger partial charge in [-0.1, -0.05) is 41.0 Å². The normalized spacial score (nSPS) is 13.2. The third-order valence-corrected chi connectivity index (χ3v) is 4.05. The highest BCUT2D eigenvalue weighted by atomic mass is 16.7. The van der Waals surface area contributed by atoms with Crippen LogP contribution < -0.4 is 0 Å². The van der Waals surface area contributed by atoms with Crippen LogP contribution in [0, 0.1) is 13.8 Å². The van der Waals surface area contributed by atoms with E-state index in [1.165, 1.54) is 0 Å². The molecule has 0 fully saturated rings. The lowest BCUT2D eigenvalue weighted by Crippen LogP contribution is -2.32. The first kappa shape index (κ1) is 15.9. The van der Waals surface area contributed by atoms with E-state index in [9.17, 15) is 14.4 Å². The minimum absolute atomic E-state index is 0.0945. The topological polar surface area (TPSA) is 63.7 Å². The van der Waals surface area contributed by atoms with Crippen LogP contribution in [0.3, 0.4) is 0 Å². The first-order chi connectivity index (χ1) is 11.5. The van der Waals surface area contributed by atoms with Crippen molar-refractivity contribution >= 4 is 17.8 Å². The lowest BCUT2D eigenvalue weighted by atomic mass is 10.0. The molecule has 0 atom stereocenters. The maximum atomic E-state index is 12.1. The van der Waals surface area contributed by atoms with Crippen molar-refractivity contribution in [2.45, 2.75) is 26.7 Å². The molecule has 0 saturated carbocycles. The van der Waals surface area contributed by atoms with E-state index in [0.29, 0.717) is 11.5 Å². The van der Waals surface area contributed by atoms with Crippen molar-refractivity contribution in [3.8, 4) is 0 Å². The molecule has 2 amide bonds. The largest absolute Gasteiger partial charge is 0.333 e. The fourth-order valence-electron chi connectivity index (χ4n) is 2.76. The number of fused-ring (bicyclic) bond motifs is 1. The number of carbonyl (C=O) groups is 3. The summed E-state index contributed by atoms with van der Waals surface area (Å²) in [6.45, 7) is 3.99. The summed E-state index contributed by atoms with van der Waals surface area (Å²) in [7, 11) is 0. The van der Waals surface area contributed by atoms with Crippen molar-refractivity contribution in [1.82, 2.24) is 5.06 Å². The zero-order chi connectivity index (χ0) is 17.3. The first-order valence-electron chi connectivity index (χ1n) is 7.72. The Morgan fingerprint density at radius 2 is 1.62 bits per heavy atom. The summed E-state index contributed by atoms with van der Waals surface area (Å²) in [5.74, 6) is -1.81. The quantitative estimate of drug-likeness (QED) is 0.812. The summed E-state index contributed by atoms with van der Waals surface area (Å²) in [6, 6.07) is 12.4. The molecule has 3 rings (SSSR count). The molecule has 5 heteroatoms. The molecule has 1 aliphatic heterocycles. The lowest BCUT2D eigenvalue weighted by Gasteiger charge is -2.13. The van der Waals surface area contributed by atoms with Gasteiger partial charge >= 0.3 is 5.97 Å². The van der Waals surface area contributed by atoms with Gasteiger partial charge in [0.1, 0.15) is 0 Å². The fourth-order valence-corrected chi connectivity index (χ4v) is 2.76. The van der Waals surface area contributed by atoms with Gasteiger partial charge in [-0.3, -0.25) is 9.59 Å². The van der Waals surface area contributed by atoms with Gasteiger partial charge in [-0.05, 0) is 43.5 Å². The van der Waals surface area contributed by atoms with Gasteiger partial charge in [0.15, 0.2) is 0 Å². The van der Waals surface area contributed by atoms with Crippen molar-refractivity contribution in [3.05, 3.63) is 70.3 Å².